The first-order valence-electron chi connectivity index (χ1n) is 7.42. The fourth-order valence-electron chi connectivity index (χ4n) is 2.91. The molecule has 2 fully saturated rings. The van der Waals surface area contributed by atoms with Gasteiger partial charge < -0.3 is 10.2 Å². The van der Waals surface area contributed by atoms with Crippen molar-refractivity contribution in [2.45, 2.75) is 44.3 Å². The lowest BCUT2D eigenvalue weighted by Gasteiger charge is -2.31. The van der Waals surface area contributed by atoms with E-state index in [2.05, 4.69) is 17.1 Å². The van der Waals surface area contributed by atoms with Crippen LogP contribution in [0.5, 0.6) is 0 Å². The molecule has 1 atom stereocenters. The first-order valence-corrected chi connectivity index (χ1v) is 8.47. The molecule has 1 N–H and O–H groups in total. The third kappa shape index (κ3) is 3.89. The lowest BCUT2D eigenvalue weighted by atomic mass is 9.97. The van der Waals surface area contributed by atoms with Gasteiger partial charge in [-0.2, -0.15) is 0 Å². The first kappa shape index (κ1) is 14.2. The Kier molecular flexibility index (Phi) is 5.83. The van der Waals surface area contributed by atoms with Crippen LogP contribution in [0.15, 0.2) is 0 Å². The van der Waals surface area contributed by atoms with Crippen molar-refractivity contribution < 1.29 is 4.79 Å². The SMILES string of the molecule is CCCN(CC1CCNCC1)C(=O)C1CCCS1. The van der Waals surface area contributed by atoms with Crippen LogP contribution in [-0.4, -0.2) is 48.0 Å². The minimum Gasteiger partial charge on any atom is -0.341 e. The average Bonchev–Trinajstić information content (AvgIpc) is 2.92. The lowest BCUT2D eigenvalue weighted by molar-refractivity contribution is -0.131. The first-order chi connectivity index (χ1) is 8.81. The zero-order valence-electron chi connectivity index (χ0n) is 11.5. The summed E-state index contributed by atoms with van der Waals surface area (Å²) in [6, 6.07) is 0. The molecular weight excluding hydrogens is 244 g/mol. The Bertz CT molecular complexity index is 261. The maximum Gasteiger partial charge on any atom is 0.235 e. The number of piperidine rings is 1. The van der Waals surface area contributed by atoms with Crippen molar-refractivity contribution in [3.05, 3.63) is 0 Å². The quantitative estimate of drug-likeness (QED) is 0.830. The van der Waals surface area contributed by atoms with E-state index in [0.29, 0.717) is 11.8 Å². The molecule has 0 saturated carbocycles. The second kappa shape index (κ2) is 7.39. The van der Waals surface area contributed by atoms with Gasteiger partial charge in [0.1, 0.15) is 0 Å². The molecule has 0 spiro atoms. The molecule has 2 saturated heterocycles. The van der Waals surface area contributed by atoms with Gasteiger partial charge in [0.25, 0.3) is 0 Å². The number of hydrogen-bond donors (Lipinski definition) is 1. The molecule has 2 aliphatic rings. The number of hydrogen-bond acceptors (Lipinski definition) is 3. The lowest BCUT2D eigenvalue weighted by Crippen LogP contribution is -2.42. The van der Waals surface area contributed by atoms with Gasteiger partial charge >= 0.3 is 0 Å². The van der Waals surface area contributed by atoms with Crippen LogP contribution < -0.4 is 5.32 Å². The van der Waals surface area contributed by atoms with E-state index in [0.717, 1.165) is 39.0 Å². The van der Waals surface area contributed by atoms with Gasteiger partial charge in [-0.3, -0.25) is 4.79 Å². The summed E-state index contributed by atoms with van der Waals surface area (Å²) >= 11 is 1.86. The average molecular weight is 270 g/mol. The van der Waals surface area contributed by atoms with E-state index >= 15 is 0 Å². The van der Waals surface area contributed by atoms with E-state index in [1.807, 2.05) is 11.8 Å². The molecule has 104 valence electrons. The van der Waals surface area contributed by atoms with E-state index < -0.39 is 0 Å². The second-order valence-corrected chi connectivity index (χ2v) is 6.79. The zero-order valence-corrected chi connectivity index (χ0v) is 12.3. The molecule has 2 aliphatic heterocycles. The number of amides is 1. The van der Waals surface area contributed by atoms with Crippen molar-refractivity contribution in [3.63, 3.8) is 0 Å². The minimum atomic E-state index is 0.262. The van der Waals surface area contributed by atoms with Gasteiger partial charge in [0.05, 0.1) is 5.25 Å². The summed E-state index contributed by atoms with van der Waals surface area (Å²) in [6.07, 6.45) is 5.84. The third-order valence-electron chi connectivity index (χ3n) is 3.95. The summed E-state index contributed by atoms with van der Waals surface area (Å²) < 4.78 is 0. The van der Waals surface area contributed by atoms with Crippen molar-refractivity contribution in [2.24, 2.45) is 5.92 Å². The fourth-order valence-corrected chi connectivity index (χ4v) is 4.16. The highest BCUT2D eigenvalue weighted by Crippen LogP contribution is 2.28. The van der Waals surface area contributed by atoms with Gasteiger partial charge in [-0.25, -0.2) is 0 Å². The molecule has 18 heavy (non-hydrogen) atoms. The van der Waals surface area contributed by atoms with Crippen LogP contribution in [0.25, 0.3) is 0 Å². The van der Waals surface area contributed by atoms with E-state index in [9.17, 15) is 4.79 Å². The Morgan fingerprint density at radius 2 is 2.11 bits per heavy atom. The van der Waals surface area contributed by atoms with Gasteiger partial charge in [0, 0.05) is 13.1 Å². The second-order valence-electron chi connectivity index (χ2n) is 5.48. The number of nitrogens with zero attached hydrogens (tertiary/aromatic N) is 1. The van der Waals surface area contributed by atoms with Gasteiger partial charge in [-0.1, -0.05) is 6.92 Å². The minimum absolute atomic E-state index is 0.262. The molecular formula is C14H26N2OS. The highest BCUT2D eigenvalue weighted by molar-refractivity contribution is 8.00. The summed E-state index contributed by atoms with van der Waals surface area (Å²) in [4.78, 5) is 14.7. The van der Waals surface area contributed by atoms with Crippen molar-refractivity contribution in [1.82, 2.24) is 10.2 Å². The molecule has 2 rings (SSSR count). The molecule has 4 heteroatoms. The largest absolute Gasteiger partial charge is 0.341 e. The van der Waals surface area contributed by atoms with Gasteiger partial charge in [0.15, 0.2) is 0 Å². The van der Waals surface area contributed by atoms with Crippen LogP contribution in [0.2, 0.25) is 0 Å². The van der Waals surface area contributed by atoms with Crippen molar-refractivity contribution in [3.8, 4) is 0 Å². The van der Waals surface area contributed by atoms with E-state index in [4.69, 9.17) is 0 Å². The molecule has 0 aromatic heterocycles. The highest BCUT2D eigenvalue weighted by atomic mass is 32.2. The molecule has 0 bridgehead atoms. The third-order valence-corrected chi connectivity index (χ3v) is 5.31. The van der Waals surface area contributed by atoms with Crippen LogP contribution in [0.4, 0.5) is 0 Å². The Hall–Kier alpha value is -0.220. The number of nitrogens with one attached hydrogen (secondary N) is 1. The Balaban J connectivity index is 1.87. The Labute approximate surface area is 115 Å². The predicted molar refractivity (Wildman–Crippen MR) is 77.9 cm³/mol. The van der Waals surface area contributed by atoms with Crippen LogP contribution in [0.3, 0.4) is 0 Å². The standard InChI is InChI=1S/C14H26N2OS/c1-2-9-16(11-12-5-7-15-8-6-12)14(17)13-4-3-10-18-13/h12-13,15H,2-11H2,1H3. The van der Waals surface area contributed by atoms with Gasteiger partial charge in [-0.15, -0.1) is 11.8 Å². The van der Waals surface area contributed by atoms with Crippen molar-refractivity contribution in [2.75, 3.05) is 31.9 Å². The summed E-state index contributed by atoms with van der Waals surface area (Å²) in [5, 5.41) is 3.66. The normalized spacial score (nSPS) is 25.3. The molecule has 0 aromatic carbocycles. The number of thioether (sulfide) groups is 1. The smallest absolute Gasteiger partial charge is 0.235 e. The Morgan fingerprint density at radius 3 is 2.72 bits per heavy atom. The van der Waals surface area contributed by atoms with E-state index in [1.165, 1.54) is 25.0 Å². The molecule has 1 amide bonds. The summed E-state index contributed by atoms with van der Waals surface area (Å²) in [5.74, 6) is 2.30. The maximum atomic E-state index is 12.5. The monoisotopic (exact) mass is 270 g/mol. The highest BCUT2D eigenvalue weighted by Gasteiger charge is 2.29. The molecule has 0 radical (unpaired) electrons. The van der Waals surface area contributed by atoms with Crippen LogP contribution in [0.1, 0.15) is 39.0 Å². The Morgan fingerprint density at radius 1 is 1.33 bits per heavy atom. The number of carbonyl (C=O) groups excluding carboxylic acids is 1. The van der Waals surface area contributed by atoms with Gasteiger partial charge in [0.2, 0.25) is 5.91 Å². The molecule has 1 unspecified atom stereocenters. The molecule has 0 aliphatic carbocycles. The van der Waals surface area contributed by atoms with Crippen molar-refractivity contribution >= 4 is 17.7 Å². The topological polar surface area (TPSA) is 32.3 Å². The van der Waals surface area contributed by atoms with E-state index in [1.54, 1.807) is 0 Å². The number of carbonyl (C=O) groups is 1. The summed E-state index contributed by atoms with van der Waals surface area (Å²) in [7, 11) is 0. The van der Waals surface area contributed by atoms with Crippen LogP contribution in [0, 0.1) is 5.92 Å². The van der Waals surface area contributed by atoms with Crippen LogP contribution >= 0.6 is 11.8 Å². The van der Waals surface area contributed by atoms with E-state index in [-0.39, 0.29) is 5.25 Å². The maximum absolute atomic E-state index is 12.5. The zero-order chi connectivity index (χ0) is 12.8. The molecule has 2 heterocycles. The van der Waals surface area contributed by atoms with Crippen LogP contribution in [-0.2, 0) is 4.79 Å². The molecule has 0 aromatic rings. The molecule has 3 nitrogen and oxygen atoms in total. The van der Waals surface area contributed by atoms with Crippen molar-refractivity contribution in [1.29, 1.82) is 0 Å². The summed E-state index contributed by atoms with van der Waals surface area (Å²) in [5.41, 5.74) is 0. The van der Waals surface area contributed by atoms with Gasteiger partial charge in [-0.05, 0) is 56.9 Å². The fraction of sp³-hybridized carbons (Fsp3) is 0.929. The summed E-state index contributed by atoms with van der Waals surface area (Å²) in [6.45, 7) is 6.35. The predicted octanol–water partition coefficient (Wildman–Crippen LogP) is 2.12. The number of rotatable bonds is 5.